The van der Waals surface area contributed by atoms with E-state index in [9.17, 15) is 8.78 Å². The highest BCUT2D eigenvalue weighted by atomic mass is 19.2. The smallest absolute Gasteiger partial charge is 0.222 e. The van der Waals surface area contributed by atoms with Gasteiger partial charge in [-0.1, -0.05) is 5.16 Å². The summed E-state index contributed by atoms with van der Waals surface area (Å²) in [6, 6.07) is 2.31. The molecule has 0 fully saturated rings. The van der Waals surface area contributed by atoms with E-state index in [4.69, 9.17) is 15.2 Å². The van der Waals surface area contributed by atoms with Crippen LogP contribution in [-0.2, 0) is 0 Å². The number of aromatic nitrogens is 1. The number of nitrogen functional groups attached to an aromatic ring is 1. The van der Waals surface area contributed by atoms with E-state index in [1.54, 1.807) is 0 Å². The first-order chi connectivity index (χ1) is 8.58. The number of ether oxygens (including phenoxy) is 2. The molecule has 7 heteroatoms. The summed E-state index contributed by atoms with van der Waals surface area (Å²) in [5.41, 5.74) is 5.79. The zero-order chi connectivity index (χ0) is 13.3. The summed E-state index contributed by atoms with van der Waals surface area (Å²) in [6.45, 7) is 0. The van der Waals surface area contributed by atoms with E-state index in [0.29, 0.717) is 0 Å². The molecule has 0 aliphatic heterocycles. The van der Waals surface area contributed by atoms with Gasteiger partial charge in [0.05, 0.1) is 19.8 Å². The van der Waals surface area contributed by atoms with Crippen LogP contribution in [-0.4, -0.2) is 19.4 Å². The quantitative estimate of drug-likeness (QED) is 0.911. The number of methoxy groups -OCH3 is 2. The summed E-state index contributed by atoms with van der Waals surface area (Å²) < 4.78 is 41.4. The maximum Gasteiger partial charge on any atom is 0.222 e. The number of nitrogens with zero attached hydrogens (tertiary/aromatic N) is 1. The normalized spacial score (nSPS) is 10.4. The van der Waals surface area contributed by atoms with E-state index in [1.807, 2.05) is 0 Å². The lowest BCUT2D eigenvalue weighted by Crippen LogP contribution is -1.99. The molecule has 0 saturated heterocycles. The Kier molecular flexibility index (Phi) is 3.05. The summed E-state index contributed by atoms with van der Waals surface area (Å²) in [5.74, 6) is -2.48. The number of anilines is 1. The molecule has 0 saturated carbocycles. The third-order valence-electron chi connectivity index (χ3n) is 2.34. The fourth-order valence-corrected chi connectivity index (χ4v) is 1.58. The first kappa shape index (κ1) is 12.2. The van der Waals surface area contributed by atoms with Crippen LogP contribution in [0.15, 0.2) is 16.7 Å². The predicted octanol–water partition coefficient (Wildman–Crippen LogP) is 2.22. The Bertz CT molecular complexity index is 584. The van der Waals surface area contributed by atoms with Gasteiger partial charge in [0.1, 0.15) is 5.69 Å². The molecule has 0 bridgehead atoms. The SMILES string of the molecule is COc1c(-c2cc(N)on2)cc(F)c(F)c1OC. The van der Waals surface area contributed by atoms with Crippen molar-refractivity contribution < 1.29 is 22.8 Å². The van der Waals surface area contributed by atoms with E-state index in [0.717, 1.165) is 6.07 Å². The van der Waals surface area contributed by atoms with Crippen molar-refractivity contribution in [2.45, 2.75) is 0 Å². The maximum absolute atomic E-state index is 13.5. The van der Waals surface area contributed by atoms with Crippen molar-refractivity contribution in [3.05, 3.63) is 23.8 Å². The second kappa shape index (κ2) is 4.52. The lowest BCUT2D eigenvalue weighted by molar-refractivity contribution is 0.329. The van der Waals surface area contributed by atoms with Crippen molar-refractivity contribution in [1.82, 2.24) is 5.16 Å². The molecule has 0 radical (unpaired) electrons. The first-order valence-corrected chi connectivity index (χ1v) is 4.91. The van der Waals surface area contributed by atoms with Crippen molar-refractivity contribution in [2.75, 3.05) is 20.0 Å². The molecule has 96 valence electrons. The molecule has 0 atom stereocenters. The number of halogens is 2. The molecule has 0 unspecified atom stereocenters. The van der Waals surface area contributed by atoms with Crippen LogP contribution in [0.2, 0.25) is 0 Å². The van der Waals surface area contributed by atoms with Crippen LogP contribution in [0.5, 0.6) is 11.5 Å². The molecule has 0 amide bonds. The molecule has 0 aliphatic rings. The zero-order valence-corrected chi connectivity index (χ0v) is 9.66. The van der Waals surface area contributed by atoms with Gasteiger partial charge in [-0.05, 0) is 6.07 Å². The number of hydrogen-bond donors (Lipinski definition) is 1. The zero-order valence-electron chi connectivity index (χ0n) is 9.66. The molecule has 2 aromatic rings. The number of nitrogens with two attached hydrogens (primary N) is 1. The van der Waals surface area contributed by atoms with Gasteiger partial charge >= 0.3 is 0 Å². The van der Waals surface area contributed by atoms with Crippen LogP contribution in [0.3, 0.4) is 0 Å². The molecule has 1 aromatic carbocycles. The van der Waals surface area contributed by atoms with Gasteiger partial charge in [0, 0.05) is 6.07 Å². The Morgan fingerprint density at radius 3 is 2.33 bits per heavy atom. The molecule has 5 nitrogen and oxygen atoms in total. The van der Waals surface area contributed by atoms with Gasteiger partial charge in [-0.25, -0.2) is 4.39 Å². The third kappa shape index (κ3) is 1.83. The van der Waals surface area contributed by atoms with Gasteiger partial charge in [0.2, 0.25) is 17.5 Å². The minimum atomic E-state index is -1.13. The maximum atomic E-state index is 13.5. The molecule has 2 N–H and O–H groups in total. The highest BCUT2D eigenvalue weighted by Gasteiger charge is 2.22. The van der Waals surface area contributed by atoms with Crippen molar-refractivity contribution in [3.63, 3.8) is 0 Å². The van der Waals surface area contributed by atoms with E-state index in [-0.39, 0.29) is 28.6 Å². The van der Waals surface area contributed by atoms with Crippen LogP contribution < -0.4 is 15.2 Å². The summed E-state index contributed by atoms with van der Waals surface area (Å²) in [5, 5.41) is 3.62. The van der Waals surface area contributed by atoms with E-state index in [1.165, 1.54) is 20.3 Å². The van der Waals surface area contributed by atoms with Crippen LogP contribution >= 0.6 is 0 Å². The van der Waals surface area contributed by atoms with E-state index < -0.39 is 11.6 Å². The fraction of sp³-hybridized carbons (Fsp3) is 0.182. The van der Waals surface area contributed by atoms with Gasteiger partial charge in [-0.3, -0.25) is 0 Å². The minimum Gasteiger partial charge on any atom is -0.492 e. The van der Waals surface area contributed by atoms with E-state index in [2.05, 4.69) is 9.68 Å². The Morgan fingerprint density at radius 2 is 1.83 bits per heavy atom. The summed E-state index contributed by atoms with van der Waals surface area (Å²) in [6.07, 6.45) is 0. The molecule has 2 rings (SSSR count). The standard InChI is InChI=1S/C11H10F2N2O3/c1-16-10-5(7-4-8(14)18-15-7)3-6(12)9(13)11(10)17-2/h3-4H,14H2,1-2H3. The largest absolute Gasteiger partial charge is 0.492 e. The lowest BCUT2D eigenvalue weighted by atomic mass is 10.1. The molecule has 0 spiro atoms. The average Bonchev–Trinajstić information content (AvgIpc) is 2.78. The first-order valence-electron chi connectivity index (χ1n) is 4.91. The molecular formula is C11H10F2N2O3. The van der Waals surface area contributed by atoms with Crippen molar-refractivity contribution in [1.29, 1.82) is 0 Å². The highest BCUT2D eigenvalue weighted by molar-refractivity contribution is 5.72. The molecule has 1 heterocycles. The molecule has 1 aromatic heterocycles. The summed E-state index contributed by atoms with van der Waals surface area (Å²) in [7, 11) is 2.52. The van der Waals surface area contributed by atoms with E-state index >= 15 is 0 Å². The Labute approximate surface area is 101 Å². The molecular weight excluding hydrogens is 246 g/mol. The van der Waals surface area contributed by atoms with Crippen LogP contribution in [0, 0.1) is 11.6 Å². The van der Waals surface area contributed by atoms with Gasteiger partial charge in [0.25, 0.3) is 0 Å². The van der Waals surface area contributed by atoms with Gasteiger partial charge in [-0.15, -0.1) is 0 Å². The van der Waals surface area contributed by atoms with Crippen molar-refractivity contribution >= 4 is 5.88 Å². The predicted molar refractivity (Wildman–Crippen MR) is 59.4 cm³/mol. The number of rotatable bonds is 3. The fourth-order valence-electron chi connectivity index (χ4n) is 1.58. The van der Waals surface area contributed by atoms with Crippen LogP contribution in [0.4, 0.5) is 14.7 Å². The Hall–Kier alpha value is -2.31. The van der Waals surface area contributed by atoms with Crippen LogP contribution in [0.25, 0.3) is 11.3 Å². The number of hydrogen-bond acceptors (Lipinski definition) is 5. The minimum absolute atomic E-state index is 0.0182. The summed E-state index contributed by atoms with van der Waals surface area (Å²) >= 11 is 0. The average molecular weight is 256 g/mol. The van der Waals surface area contributed by atoms with Gasteiger partial charge in [-0.2, -0.15) is 4.39 Å². The monoisotopic (exact) mass is 256 g/mol. The van der Waals surface area contributed by atoms with Crippen molar-refractivity contribution in [2.24, 2.45) is 0 Å². The Balaban J connectivity index is 2.70. The van der Waals surface area contributed by atoms with Gasteiger partial charge in [0.15, 0.2) is 11.6 Å². The topological polar surface area (TPSA) is 70.5 Å². The second-order valence-electron chi connectivity index (χ2n) is 3.40. The van der Waals surface area contributed by atoms with Crippen molar-refractivity contribution in [3.8, 4) is 22.8 Å². The third-order valence-corrected chi connectivity index (χ3v) is 2.34. The van der Waals surface area contributed by atoms with Crippen LogP contribution in [0.1, 0.15) is 0 Å². The lowest BCUT2D eigenvalue weighted by Gasteiger charge is -2.12. The second-order valence-corrected chi connectivity index (χ2v) is 3.40. The molecule has 0 aliphatic carbocycles. The highest BCUT2D eigenvalue weighted by Crippen LogP contribution is 2.40. The molecule has 18 heavy (non-hydrogen) atoms. The summed E-state index contributed by atoms with van der Waals surface area (Å²) in [4.78, 5) is 0. The Morgan fingerprint density at radius 1 is 1.17 bits per heavy atom. The number of benzene rings is 1. The van der Waals surface area contributed by atoms with Gasteiger partial charge < -0.3 is 19.7 Å².